The third kappa shape index (κ3) is 6.41. The van der Waals surface area contributed by atoms with Crippen molar-refractivity contribution < 1.29 is 22.3 Å². The fraction of sp³-hybridized carbons (Fsp3) is 0.320. The molecule has 0 bridgehead atoms. The van der Waals surface area contributed by atoms with Gasteiger partial charge in [0, 0.05) is 18.8 Å². The van der Waals surface area contributed by atoms with E-state index in [0.717, 1.165) is 23.5 Å². The van der Waals surface area contributed by atoms with Gasteiger partial charge in [-0.25, -0.2) is 14.1 Å². The van der Waals surface area contributed by atoms with E-state index in [4.69, 9.17) is 4.74 Å². The predicted molar refractivity (Wildman–Crippen MR) is 132 cm³/mol. The molecule has 0 aliphatic heterocycles. The first-order valence-electron chi connectivity index (χ1n) is 11.4. The number of halogens is 4. The molecule has 0 unspecified atom stereocenters. The van der Waals surface area contributed by atoms with Crippen LogP contribution in [0, 0.1) is 12.7 Å². The summed E-state index contributed by atoms with van der Waals surface area (Å²) in [4.78, 5) is 8.51. The number of benzene rings is 2. The van der Waals surface area contributed by atoms with Crippen molar-refractivity contribution in [3.8, 4) is 22.8 Å². The minimum Gasteiger partial charge on any atom is -0.495 e. The van der Waals surface area contributed by atoms with Gasteiger partial charge in [-0.1, -0.05) is 27.7 Å². The highest BCUT2D eigenvalue weighted by molar-refractivity contribution is 5.66. The van der Waals surface area contributed by atoms with Crippen LogP contribution in [0.25, 0.3) is 17.1 Å². The zero-order valence-corrected chi connectivity index (χ0v) is 21.3. The van der Waals surface area contributed by atoms with Crippen molar-refractivity contribution in [2.45, 2.75) is 40.8 Å². The van der Waals surface area contributed by atoms with Gasteiger partial charge in [-0.15, -0.1) is 5.10 Å². The second-order valence-corrected chi connectivity index (χ2v) is 7.00. The third-order valence-electron chi connectivity index (χ3n) is 4.72. The SMILES string of the molecule is CC.CC.COc1cc(-c2nc(Nc3ccc(F)cc3C(F)(F)F)nn2C)ccc1-n1cnc(C)c1. The summed E-state index contributed by atoms with van der Waals surface area (Å²) in [6, 6.07) is 7.71. The van der Waals surface area contributed by atoms with Crippen LogP contribution in [0.5, 0.6) is 5.75 Å². The predicted octanol–water partition coefficient (Wildman–Crippen LogP) is 6.94. The number of imidazole rings is 1. The molecule has 0 saturated carbocycles. The Labute approximate surface area is 207 Å². The van der Waals surface area contributed by atoms with E-state index in [1.807, 2.05) is 51.4 Å². The molecule has 0 radical (unpaired) electrons. The summed E-state index contributed by atoms with van der Waals surface area (Å²) in [5, 5.41) is 6.68. The molecule has 0 amide bonds. The third-order valence-corrected chi connectivity index (χ3v) is 4.72. The van der Waals surface area contributed by atoms with Crippen molar-refractivity contribution in [3.05, 3.63) is 66.0 Å². The van der Waals surface area contributed by atoms with Crippen LogP contribution in [0.4, 0.5) is 29.2 Å². The number of nitrogens with one attached hydrogen (secondary N) is 1. The smallest absolute Gasteiger partial charge is 0.418 e. The van der Waals surface area contributed by atoms with E-state index in [2.05, 4.69) is 20.4 Å². The normalized spacial score (nSPS) is 10.6. The number of methoxy groups -OCH3 is 1. The summed E-state index contributed by atoms with van der Waals surface area (Å²) in [5.74, 6) is -0.101. The molecule has 2 heterocycles. The van der Waals surface area contributed by atoms with Gasteiger partial charge in [-0.05, 0) is 43.3 Å². The summed E-state index contributed by atoms with van der Waals surface area (Å²) in [7, 11) is 3.14. The molecule has 2 aromatic carbocycles. The molecule has 0 aliphatic carbocycles. The molecular formula is C25H30F4N6O. The Kier molecular flexibility index (Phi) is 9.60. The van der Waals surface area contributed by atoms with Crippen LogP contribution in [-0.4, -0.2) is 31.4 Å². The monoisotopic (exact) mass is 506 g/mol. The van der Waals surface area contributed by atoms with E-state index < -0.39 is 17.6 Å². The van der Waals surface area contributed by atoms with E-state index >= 15 is 0 Å². The number of rotatable bonds is 5. The van der Waals surface area contributed by atoms with E-state index in [9.17, 15) is 17.6 Å². The van der Waals surface area contributed by atoms with Crippen LogP contribution in [-0.2, 0) is 13.2 Å². The highest BCUT2D eigenvalue weighted by atomic mass is 19.4. The molecular weight excluding hydrogens is 476 g/mol. The van der Waals surface area contributed by atoms with Gasteiger partial charge in [0.05, 0.1) is 36.1 Å². The molecule has 36 heavy (non-hydrogen) atoms. The zero-order chi connectivity index (χ0) is 27.0. The lowest BCUT2D eigenvalue weighted by atomic mass is 10.1. The number of ether oxygens (including phenoxy) is 1. The fourth-order valence-electron chi connectivity index (χ4n) is 3.25. The molecule has 0 aliphatic rings. The van der Waals surface area contributed by atoms with Gasteiger partial charge in [0.1, 0.15) is 11.6 Å². The lowest BCUT2D eigenvalue weighted by molar-refractivity contribution is -0.137. The Bertz CT molecular complexity index is 1280. The molecule has 11 heteroatoms. The Morgan fingerprint density at radius 2 is 1.69 bits per heavy atom. The molecule has 2 aromatic heterocycles. The van der Waals surface area contributed by atoms with Crippen molar-refractivity contribution >= 4 is 11.6 Å². The Balaban J connectivity index is 0.00000109. The molecule has 1 N–H and O–H groups in total. The first kappa shape index (κ1) is 28.3. The fourth-order valence-corrected chi connectivity index (χ4v) is 3.25. The van der Waals surface area contributed by atoms with E-state index in [0.29, 0.717) is 23.2 Å². The minimum atomic E-state index is -4.74. The highest BCUT2D eigenvalue weighted by Crippen LogP contribution is 2.36. The van der Waals surface area contributed by atoms with Crippen LogP contribution in [0.15, 0.2) is 48.9 Å². The first-order valence-corrected chi connectivity index (χ1v) is 11.4. The van der Waals surface area contributed by atoms with Gasteiger partial charge in [-0.2, -0.15) is 18.2 Å². The minimum absolute atomic E-state index is 0.0621. The maximum absolute atomic E-state index is 13.4. The summed E-state index contributed by atoms with van der Waals surface area (Å²) >= 11 is 0. The number of hydrogen-bond acceptors (Lipinski definition) is 5. The average molecular weight is 507 g/mol. The van der Waals surface area contributed by atoms with E-state index in [1.54, 1.807) is 25.5 Å². The van der Waals surface area contributed by atoms with Crippen LogP contribution >= 0.6 is 0 Å². The number of aryl methyl sites for hydroxylation is 2. The quantitative estimate of drug-likeness (QED) is 0.297. The van der Waals surface area contributed by atoms with Crippen LogP contribution < -0.4 is 10.1 Å². The van der Waals surface area contributed by atoms with Crippen LogP contribution in [0.2, 0.25) is 0 Å². The summed E-state index contributed by atoms with van der Waals surface area (Å²) < 4.78 is 61.9. The van der Waals surface area contributed by atoms with Gasteiger partial charge in [0.2, 0.25) is 5.95 Å². The summed E-state index contributed by atoms with van der Waals surface area (Å²) in [6.45, 7) is 9.87. The number of alkyl halides is 3. The van der Waals surface area contributed by atoms with Crippen molar-refractivity contribution in [2.24, 2.45) is 7.05 Å². The van der Waals surface area contributed by atoms with Gasteiger partial charge >= 0.3 is 6.18 Å². The molecule has 4 aromatic rings. The Morgan fingerprint density at radius 1 is 1.00 bits per heavy atom. The van der Waals surface area contributed by atoms with Crippen LogP contribution in [0.3, 0.4) is 0 Å². The zero-order valence-electron chi connectivity index (χ0n) is 21.3. The molecule has 0 saturated heterocycles. The number of aromatic nitrogens is 5. The molecule has 7 nitrogen and oxygen atoms in total. The van der Waals surface area contributed by atoms with Crippen molar-refractivity contribution in [3.63, 3.8) is 0 Å². The summed E-state index contributed by atoms with van der Waals surface area (Å²) in [5.41, 5.74) is 0.755. The Morgan fingerprint density at radius 3 is 2.28 bits per heavy atom. The van der Waals surface area contributed by atoms with Gasteiger partial charge in [-0.3, -0.25) is 0 Å². The van der Waals surface area contributed by atoms with Crippen molar-refractivity contribution in [1.29, 1.82) is 0 Å². The van der Waals surface area contributed by atoms with Gasteiger partial charge in [0.25, 0.3) is 0 Å². The molecule has 0 spiro atoms. The lowest BCUT2D eigenvalue weighted by Crippen LogP contribution is -2.10. The molecule has 0 atom stereocenters. The first-order chi connectivity index (χ1) is 17.2. The number of anilines is 2. The molecule has 194 valence electrons. The van der Waals surface area contributed by atoms with E-state index in [-0.39, 0.29) is 11.6 Å². The largest absolute Gasteiger partial charge is 0.495 e. The maximum Gasteiger partial charge on any atom is 0.418 e. The summed E-state index contributed by atoms with van der Waals surface area (Å²) in [6.07, 6.45) is -1.22. The number of nitrogens with zero attached hydrogens (tertiary/aromatic N) is 5. The Hall–Kier alpha value is -3.89. The second-order valence-electron chi connectivity index (χ2n) is 7.00. The topological polar surface area (TPSA) is 69.8 Å². The number of hydrogen-bond donors (Lipinski definition) is 1. The highest BCUT2D eigenvalue weighted by Gasteiger charge is 2.34. The molecule has 0 fully saturated rings. The second kappa shape index (κ2) is 12.2. The maximum atomic E-state index is 13.4. The lowest BCUT2D eigenvalue weighted by Gasteiger charge is -2.12. The average Bonchev–Trinajstić information content (AvgIpc) is 3.46. The van der Waals surface area contributed by atoms with Gasteiger partial charge in [0.15, 0.2) is 5.82 Å². The molecule has 4 rings (SSSR count). The van der Waals surface area contributed by atoms with Crippen molar-refractivity contribution in [2.75, 3.05) is 12.4 Å². The van der Waals surface area contributed by atoms with Crippen LogP contribution in [0.1, 0.15) is 39.0 Å². The van der Waals surface area contributed by atoms with Gasteiger partial charge < -0.3 is 14.6 Å². The van der Waals surface area contributed by atoms with Crippen molar-refractivity contribution in [1.82, 2.24) is 24.3 Å². The van der Waals surface area contributed by atoms with E-state index in [1.165, 1.54) is 11.8 Å². The standard InChI is InChI=1S/C21H18F4N6O.2C2H6/c1-12-10-31(11-26-12)17-7-4-13(8-18(17)32-3)19-28-20(29-30(19)2)27-16-6-5-14(22)9-15(16)21(23,24)25;2*1-2/h4-11H,1-3H3,(H,27,29);2*1-2H3.